The van der Waals surface area contributed by atoms with E-state index in [1.165, 1.54) is 16.8 Å². The highest BCUT2D eigenvalue weighted by atomic mass is 15.1. The molecular weight excluding hydrogens is 248 g/mol. The van der Waals surface area contributed by atoms with Crippen LogP contribution in [0.3, 0.4) is 0 Å². The fourth-order valence-corrected chi connectivity index (χ4v) is 1.91. The number of rotatable bonds is 4. The lowest BCUT2D eigenvalue weighted by Crippen LogP contribution is -2.09. The first-order valence-electron chi connectivity index (χ1n) is 6.47. The monoisotopic (exact) mass is 266 g/mol. The van der Waals surface area contributed by atoms with Crippen LogP contribution in [-0.4, -0.2) is 19.1 Å². The Morgan fingerprint density at radius 3 is 2.60 bits per heavy atom. The number of aromatic nitrogens is 1. The SMILES string of the molecule is Cc1cc(N(C)C)ccc1CNc1ccc(C#N)cn1. The van der Waals surface area contributed by atoms with Crippen LogP contribution in [-0.2, 0) is 6.54 Å². The average Bonchev–Trinajstić information content (AvgIpc) is 2.46. The lowest BCUT2D eigenvalue weighted by molar-refractivity contribution is 1.07. The molecule has 0 aliphatic heterocycles. The summed E-state index contributed by atoms with van der Waals surface area (Å²) in [5.74, 6) is 0.778. The first-order valence-corrected chi connectivity index (χ1v) is 6.47. The molecule has 2 rings (SSSR count). The molecule has 0 bridgehead atoms. The Kier molecular flexibility index (Phi) is 4.21. The van der Waals surface area contributed by atoms with Crippen molar-refractivity contribution in [2.75, 3.05) is 24.3 Å². The van der Waals surface area contributed by atoms with E-state index in [0.717, 1.165) is 12.4 Å². The predicted octanol–water partition coefficient (Wildman–Crippen LogP) is 2.94. The summed E-state index contributed by atoms with van der Waals surface area (Å²) in [4.78, 5) is 6.29. The van der Waals surface area contributed by atoms with E-state index in [2.05, 4.69) is 46.4 Å². The molecule has 0 aliphatic carbocycles. The fraction of sp³-hybridized carbons (Fsp3) is 0.250. The molecule has 0 radical (unpaired) electrons. The molecule has 0 atom stereocenters. The van der Waals surface area contributed by atoms with Gasteiger partial charge in [-0.15, -0.1) is 0 Å². The van der Waals surface area contributed by atoms with Crippen LogP contribution in [0.1, 0.15) is 16.7 Å². The van der Waals surface area contributed by atoms with Crippen LogP contribution in [0.2, 0.25) is 0 Å². The van der Waals surface area contributed by atoms with Crippen LogP contribution in [0.5, 0.6) is 0 Å². The number of nitrogens with one attached hydrogen (secondary N) is 1. The van der Waals surface area contributed by atoms with Gasteiger partial charge in [0.2, 0.25) is 0 Å². The largest absolute Gasteiger partial charge is 0.378 e. The molecule has 0 amide bonds. The van der Waals surface area contributed by atoms with E-state index in [-0.39, 0.29) is 0 Å². The van der Waals surface area contributed by atoms with Crippen molar-refractivity contribution >= 4 is 11.5 Å². The van der Waals surface area contributed by atoms with E-state index in [1.54, 1.807) is 12.3 Å². The number of benzene rings is 1. The summed E-state index contributed by atoms with van der Waals surface area (Å²) < 4.78 is 0. The van der Waals surface area contributed by atoms with Crippen molar-refractivity contribution in [3.8, 4) is 6.07 Å². The minimum Gasteiger partial charge on any atom is -0.378 e. The van der Waals surface area contributed by atoms with Crippen LogP contribution in [0.25, 0.3) is 0 Å². The highest BCUT2D eigenvalue weighted by Crippen LogP contribution is 2.18. The first kappa shape index (κ1) is 13.9. The van der Waals surface area contributed by atoms with Gasteiger partial charge in [0.15, 0.2) is 0 Å². The third kappa shape index (κ3) is 3.27. The Labute approximate surface area is 119 Å². The lowest BCUT2D eigenvalue weighted by atomic mass is 10.1. The van der Waals surface area contributed by atoms with Gasteiger partial charge in [0.05, 0.1) is 5.56 Å². The van der Waals surface area contributed by atoms with Crippen molar-refractivity contribution < 1.29 is 0 Å². The summed E-state index contributed by atoms with van der Waals surface area (Å²) in [5, 5.41) is 12.0. The lowest BCUT2D eigenvalue weighted by Gasteiger charge is -2.15. The quantitative estimate of drug-likeness (QED) is 0.924. The fourth-order valence-electron chi connectivity index (χ4n) is 1.91. The van der Waals surface area contributed by atoms with Gasteiger partial charge >= 0.3 is 0 Å². The second-order valence-corrected chi connectivity index (χ2v) is 4.90. The van der Waals surface area contributed by atoms with E-state index in [9.17, 15) is 0 Å². The summed E-state index contributed by atoms with van der Waals surface area (Å²) in [5.41, 5.74) is 4.25. The van der Waals surface area contributed by atoms with Gasteiger partial charge in [-0.1, -0.05) is 6.07 Å². The van der Waals surface area contributed by atoms with Crippen LogP contribution < -0.4 is 10.2 Å². The minimum atomic E-state index is 0.571. The van der Waals surface area contributed by atoms with E-state index in [4.69, 9.17) is 5.26 Å². The van der Waals surface area contributed by atoms with Gasteiger partial charge in [-0.05, 0) is 42.3 Å². The first-order chi connectivity index (χ1) is 9.60. The number of anilines is 2. The van der Waals surface area contributed by atoms with Crippen molar-refractivity contribution in [3.05, 3.63) is 53.2 Å². The minimum absolute atomic E-state index is 0.571. The molecule has 0 saturated heterocycles. The molecule has 2 aromatic rings. The highest BCUT2D eigenvalue weighted by Gasteiger charge is 2.02. The molecule has 1 aromatic heterocycles. The molecule has 0 spiro atoms. The standard InChI is InChI=1S/C16H18N4/c1-12-8-15(20(2)3)6-5-14(12)11-19-16-7-4-13(9-17)10-18-16/h4-8,10H,11H2,1-3H3,(H,18,19). The van der Waals surface area contributed by atoms with E-state index >= 15 is 0 Å². The average molecular weight is 266 g/mol. The van der Waals surface area contributed by atoms with Crippen molar-refractivity contribution in [2.45, 2.75) is 13.5 Å². The molecule has 0 aliphatic rings. The number of aryl methyl sites for hydroxylation is 1. The molecule has 1 heterocycles. The second-order valence-electron chi connectivity index (χ2n) is 4.90. The summed E-state index contributed by atoms with van der Waals surface area (Å²) in [6.45, 7) is 2.83. The Morgan fingerprint density at radius 2 is 2.05 bits per heavy atom. The van der Waals surface area contributed by atoms with Crippen LogP contribution >= 0.6 is 0 Å². The van der Waals surface area contributed by atoms with Crippen molar-refractivity contribution in [2.24, 2.45) is 0 Å². The molecule has 0 unspecified atom stereocenters. The van der Waals surface area contributed by atoms with E-state index in [1.807, 2.05) is 20.2 Å². The number of hydrogen-bond acceptors (Lipinski definition) is 4. The Morgan fingerprint density at radius 1 is 1.25 bits per heavy atom. The highest BCUT2D eigenvalue weighted by molar-refractivity contribution is 5.50. The predicted molar refractivity (Wildman–Crippen MR) is 81.8 cm³/mol. The van der Waals surface area contributed by atoms with Gasteiger partial charge in [-0.25, -0.2) is 4.98 Å². The van der Waals surface area contributed by atoms with E-state index in [0.29, 0.717) is 5.56 Å². The second kappa shape index (κ2) is 6.07. The Bertz CT molecular complexity index is 624. The normalized spacial score (nSPS) is 9.90. The zero-order valence-electron chi connectivity index (χ0n) is 12.0. The van der Waals surface area contributed by atoms with Gasteiger partial charge in [0.1, 0.15) is 11.9 Å². The van der Waals surface area contributed by atoms with E-state index < -0.39 is 0 Å². The molecule has 102 valence electrons. The van der Waals surface area contributed by atoms with Crippen LogP contribution in [0.4, 0.5) is 11.5 Å². The van der Waals surface area contributed by atoms with Gasteiger partial charge in [0.25, 0.3) is 0 Å². The Hall–Kier alpha value is -2.54. The maximum Gasteiger partial charge on any atom is 0.126 e. The van der Waals surface area contributed by atoms with Gasteiger partial charge in [0, 0.05) is 32.5 Å². The van der Waals surface area contributed by atoms with Crippen LogP contribution in [0.15, 0.2) is 36.5 Å². The zero-order valence-corrected chi connectivity index (χ0v) is 12.0. The summed E-state index contributed by atoms with van der Waals surface area (Å²) in [6.07, 6.45) is 1.57. The molecular formula is C16H18N4. The maximum absolute atomic E-state index is 8.73. The van der Waals surface area contributed by atoms with Crippen molar-refractivity contribution in [1.29, 1.82) is 5.26 Å². The van der Waals surface area contributed by atoms with Gasteiger partial charge in [-0.2, -0.15) is 5.26 Å². The number of nitrogens with zero attached hydrogens (tertiary/aromatic N) is 3. The molecule has 1 aromatic carbocycles. The third-order valence-electron chi connectivity index (χ3n) is 3.20. The topological polar surface area (TPSA) is 52.0 Å². The molecule has 4 nitrogen and oxygen atoms in total. The van der Waals surface area contributed by atoms with Gasteiger partial charge < -0.3 is 10.2 Å². The molecule has 20 heavy (non-hydrogen) atoms. The van der Waals surface area contributed by atoms with Crippen molar-refractivity contribution in [3.63, 3.8) is 0 Å². The molecule has 1 N–H and O–H groups in total. The molecule has 4 heteroatoms. The molecule has 0 saturated carbocycles. The molecule has 0 fully saturated rings. The summed E-state index contributed by atoms with van der Waals surface area (Å²) in [6, 6.07) is 12.0. The smallest absolute Gasteiger partial charge is 0.126 e. The third-order valence-corrected chi connectivity index (χ3v) is 3.20. The number of hydrogen-bond donors (Lipinski definition) is 1. The van der Waals surface area contributed by atoms with Gasteiger partial charge in [-0.3, -0.25) is 0 Å². The van der Waals surface area contributed by atoms with Crippen LogP contribution in [0, 0.1) is 18.3 Å². The summed E-state index contributed by atoms with van der Waals surface area (Å²) >= 11 is 0. The summed E-state index contributed by atoms with van der Waals surface area (Å²) in [7, 11) is 4.07. The zero-order chi connectivity index (χ0) is 14.5. The maximum atomic E-state index is 8.73. The number of pyridine rings is 1. The Balaban J connectivity index is 2.05. The van der Waals surface area contributed by atoms with Crippen molar-refractivity contribution in [1.82, 2.24) is 4.98 Å². The number of nitriles is 1.